The van der Waals surface area contributed by atoms with E-state index >= 15 is 0 Å². The molecule has 0 aromatic heterocycles. The molecule has 2 nitrogen and oxygen atoms in total. The van der Waals surface area contributed by atoms with Gasteiger partial charge in [-0.15, -0.1) is 0 Å². The third-order valence-corrected chi connectivity index (χ3v) is 2.39. The van der Waals surface area contributed by atoms with Gasteiger partial charge in [0.05, 0.1) is 0 Å². The van der Waals surface area contributed by atoms with Crippen LogP contribution in [0.15, 0.2) is 0 Å². The predicted molar refractivity (Wildman–Crippen MR) is 34.0 cm³/mol. The normalized spacial score (nSPS) is 37.7. The van der Waals surface area contributed by atoms with Crippen LogP contribution >= 0.6 is 0 Å². The molecule has 1 atom stereocenters. The summed E-state index contributed by atoms with van der Waals surface area (Å²) < 4.78 is 4.88. The van der Waals surface area contributed by atoms with Crippen LogP contribution in [-0.4, -0.2) is 12.1 Å². The fraction of sp³-hybridized carbons (Fsp3) is 0.857. The summed E-state index contributed by atoms with van der Waals surface area (Å²) in [6.45, 7) is 6.68. The minimum atomic E-state index is -0.172. The zero-order valence-electron chi connectivity index (χ0n) is 6.10. The number of carbonyl (C=O) groups is 1. The first-order valence-corrected chi connectivity index (χ1v) is 3.13. The summed E-state index contributed by atoms with van der Waals surface area (Å²) in [5.74, 6) is 0. The summed E-state index contributed by atoms with van der Waals surface area (Å²) in [6.07, 6.45) is 0.985. The van der Waals surface area contributed by atoms with E-state index < -0.39 is 0 Å². The minimum Gasteiger partial charge on any atom is -0.461 e. The average molecular weight is 128 g/mol. The average Bonchev–Trinajstić information content (AvgIpc) is 2.07. The van der Waals surface area contributed by atoms with Crippen LogP contribution in [0.1, 0.15) is 27.2 Å². The molecule has 0 amide bonds. The van der Waals surface area contributed by atoms with Gasteiger partial charge in [0.2, 0.25) is 0 Å². The molecule has 2 heteroatoms. The molecule has 9 heavy (non-hydrogen) atoms. The van der Waals surface area contributed by atoms with Crippen molar-refractivity contribution in [1.82, 2.24) is 0 Å². The van der Waals surface area contributed by atoms with Crippen LogP contribution in [0.3, 0.4) is 0 Å². The first kappa shape index (κ1) is 6.59. The van der Waals surface area contributed by atoms with Crippen LogP contribution in [0.2, 0.25) is 0 Å². The Labute approximate surface area is 55.2 Å². The lowest BCUT2D eigenvalue weighted by Crippen LogP contribution is -2.14. The topological polar surface area (TPSA) is 26.3 Å². The Morgan fingerprint density at radius 1 is 1.44 bits per heavy atom. The Morgan fingerprint density at radius 3 is 2.00 bits per heavy atom. The van der Waals surface area contributed by atoms with Gasteiger partial charge in [-0.25, -0.2) is 0 Å². The minimum absolute atomic E-state index is 0.172. The van der Waals surface area contributed by atoms with Gasteiger partial charge in [-0.1, -0.05) is 13.8 Å². The molecule has 1 rings (SSSR count). The van der Waals surface area contributed by atoms with Crippen molar-refractivity contribution in [2.75, 3.05) is 0 Å². The molecule has 52 valence electrons. The molecule has 0 bridgehead atoms. The van der Waals surface area contributed by atoms with Crippen molar-refractivity contribution in [3.05, 3.63) is 0 Å². The lowest BCUT2D eigenvalue weighted by Gasteiger charge is -2.11. The van der Waals surface area contributed by atoms with E-state index in [9.17, 15) is 4.79 Å². The van der Waals surface area contributed by atoms with E-state index in [0.29, 0.717) is 6.47 Å². The molecule has 0 N–H and O–H groups in total. The van der Waals surface area contributed by atoms with Crippen molar-refractivity contribution in [2.45, 2.75) is 32.8 Å². The maximum absolute atomic E-state index is 9.93. The number of rotatable bonds is 2. The Hall–Kier alpha value is -0.530. The van der Waals surface area contributed by atoms with Gasteiger partial charge >= 0.3 is 0 Å². The highest BCUT2D eigenvalue weighted by atomic mass is 16.5. The third-order valence-electron chi connectivity index (χ3n) is 2.39. The molecule has 0 heterocycles. The van der Waals surface area contributed by atoms with Crippen molar-refractivity contribution in [1.29, 1.82) is 0 Å². The van der Waals surface area contributed by atoms with Crippen LogP contribution in [0.25, 0.3) is 0 Å². The zero-order valence-corrected chi connectivity index (χ0v) is 6.10. The van der Waals surface area contributed by atoms with E-state index in [0.717, 1.165) is 6.42 Å². The molecule has 1 aliphatic rings. The first-order chi connectivity index (χ1) is 4.02. The molecule has 0 spiro atoms. The Bertz CT molecular complexity index is 140. The fourth-order valence-corrected chi connectivity index (χ4v) is 1.11. The molecule has 1 unspecified atom stereocenters. The summed E-state index contributed by atoms with van der Waals surface area (Å²) in [7, 11) is 0. The van der Waals surface area contributed by atoms with Crippen LogP contribution in [-0.2, 0) is 9.53 Å². The van der Waals surface area contributed by atoms with Crippen molar-refractivity contribution in [3.63, 3.8) is 0 Å². The molecule has 0 aromatic rings. The molecule has 0 saturated heterocycles. The second-order valence-corrected chi connectivity index (χ2v) is 3.51. The molecular formula is C7H12O2. The van der Waals surface area contributed by atoms with E-state index in [4.69, 9.17) is 4.74 Å². The van der Waals surface area contributed by atoms with E-state index in [2.05, 4.69) is 13.8 Å². The maximum atomic E-state index is 9.93. The summed E-state index contributed by atoms with van der Waals surface area (Å²) in [4.78, 5) is 9.93. The van der Waals surface area contributed by atoms with Crippen LogP contribution in [0.4, 0.5) is 0 Å². The zero-order chi connectivity index (χ0) is 7.12. The lowest BCUT2D eigenvalue weighted by molar-refractivity contribution is -0.136. The van der Waals surface area contributed by atoms with Gasteiger partial charge in [-0.2, -0.15) is 0 Å². The lowest BCUT2D eigenvalue weighted by atomic mass is 10.1. The fourth-order valence-electron chi connectivity index (χ4n) is 1.11. The molecule has 1 aliphatic carbocycles. The molecule has 1 fully saturated rings. The summed E-state index contributed by atoms with van der Waals surface area (Å²) in [5, 5.41) is 0. The van der Waals surface area contributed by atoms with Gasteiger partial charge in [0.1, 0.15) is 5.60 Å². The highest BCUT2D eigenvalue weighted by Crippen LogP contribution is 2.57. The number of hydrogen-bond acceptors (Lipinski definition) is 2. The molecule has 0 aliphatic heterocycles. The van der Waals surface area contributed by atoms with Gasteiger partial charge < -0.3 is 4.74 Å². The van der Waals surface area contributed by atoms with Gasteiger partial charge in [-0.05, 0) is 13.3 Å². The van der Waals surface area contributed by atoms with Crippen molar-refractivity contribution >= 4 is 6.47 Å². The van der Waals surface area contributed by atoms with Crippen LogP contribution in [0.5, 0.6) is 0 Å². The van der Waals surface area contributed by atoms with E-state index in [1.807, 2.05) is 6.92 Å². The standard InChI is InChI=1S/C7H12O2/c1-6(2)4-7(6,3)9-5-8/h5H,4H2,1-3H3. The Morgan fingerprint density at radius 2 is 1.89 bits per heavy atom. The monoisotopic (exact) mass is 128 g/mol. The first-order valence-electron chi connectivity index (χ1n) is 3.13. The highest BCUT2D eigenvalue weighted by Gasteiger charge is 2.60. The van der Waals surface area contributed by atoms with E-state index in [1.165, 1.54) is 0 Å². The quantitative estimate of drug-likeness (QED) is 0.525. The Kier molecular flexibility index (Phi) is 1.09. The summed E-state index contributed by atoms with van der Waals surface area (Å²) in [6, 6.07) is 0. The number of carbonyl (C=O) groups excluding carboxylic acids is 1. The second-order valence-electron chi connectivity index (χ2n) is 3.51. The van der Waals surface area contributed by atoms with Gasteiger partial charge in [-0.3, -0.25) is 4.79 Å². The van der Waals surface area contributed by atoms with Crippen molar-refractivity contribution in [3.8, 4) is 0 Å². The summed E-state index contributed by atoms with van der Waals surface area (Å²) in [5.41, 5.74) is 0.0304. The van der Waals surface area contributed by atoms with Gasteiger partial charge in [0.25, 0.3) is 6.47 Å². The van der Waals surface area contributed by atoms with E-state index in [-0.39, 0.29) is 11.0 Å². The van der Waals surface area contributed by atoms with Crippen molar-refractivity contribution in [2.24, 2.45) is 5.41 Å². The van der Waals surface area contributed by atoms with Gasteiger partial charge in [0.15, 0.2) is 0 Å². The van der Waals surface area contributed by atoms with Crippen LogP contribution in [0, 0.1) is 5.41 Å². The second kappa shape index (κ2) is 1.49. The maximum Gasteiger partial charge on any atom is 0.293 e. The number of ether oxygens (including phenoxy) is 1. The molecular weight excluding hydrogens is 116 g/mol. The highest BCUT2D eigenvalue weighted by molar-refractivity contribution is 5.40. The largest absolute Gasteiger partial charge is 0.461 e. The molecule has 0 aromatic carbocycles. The predicted octanol–water partition coefficient (Wildman–Crippen LogP) is 1.35. The SMILES string of the molecule is CC1(C)CC1(C)OC=O. The smallest absolute Gasteiger partial charge is 0.293 e. The van der Waals surface area contributed by atoms with Gasteiger partial charge in [0, 0.05) is 5.41 Å². The van der Waals surface area contributed by atoms with Crippen molar-refractivity contribution < 1.29 is 9.53 Å². The molecule has 0 radical (unpaired) electrons. The van der Waals surface area contributed by atoms with Crippen LogP contribution < -0.4 is 0 Å². The Balaban J connectivity index is 2.52. The molecule has 1 saturated carbocycles. The van der Waals surface area contributed by atoms with E-state index in [1.54, 1.807) is 0 Å². The summed E-state index contributed by atoms with van der Waals surface area (Å²) >= 11 is 0. The third kappa shape index (κ3) is 0.824. The number of hydrogen-bond donors (Lipinski definition) is 0.